The molecule has 1 heterocycles. The summed E-state index contributed by atoms with van der Waals surface area (Å²) in [6.45, 7) is 3.90. The van der Waals surface area contributed by atoms with Crippen molar-refractivity contribution >= 4 is 35.8 Å². The van der Waals surface area contributed by atoms with Crippen molar-refractivity contribution in [1.82, 2.24) is 20.3 Å². The molecule has 0 aliphatic carbocycles. The maximum absolute atomic E-state index is 12.8. The number of benzene rings is 1. The fourth-order valence-electron chi connectivity index (χ4n) is 2.98. The minimum absolute atomic E-state index is 0.0149. The summed E-state index contributed by atoms with van der Waals surface area (Å²) < 4.78 is 3.19. The van der Waals surface area contributed by atoms with Gasteiger partial charge in [0.25, 0.3) is 0 Å². The summed E-state index contributed by atoms with van der Waals surface area (Å²) in [5.41, 5.74) is 8.84. The van der Waals surface area contributed by atoms with Crippen molar-refractivity contribution in [3.63, 3.8) is 0 Å². The van der Waals surface area contributed by atoms with Crippen molar-refractivity contribution in [2.24, 2.45) is 5.73 Å². The second kappa shape index (κ2) is 15.2. The van der Waals surface area contributed by atoms with E-state index in [4.69, 9.17) is 16.6 Å². The van der Waals surface area contributed by atoms with E-state index in [1.807, 2.05) is 12.1 Å². The van der Waals surface area contributed by atoms with Crippen LogP contribution >= 0.6 is 11.9 Å². The normalized spacial score (nSPS) is 11.8. The van der Waals surface area contributed by atoms with Gasteiger partial charge in [0.15, 0.2) is 0 Å². The molecule has 184 valence electrons. The summed E-state index contributed by atoms with van der Waals surface area (Å²) in [5, 5.41) is 20.1. The molecule has 1 atom stereocenters. The molecule has 7 N–H and O–H groups in total. The number of amidine groups is 1. The summed E-state index contributed by atoms with van der Waals surface area (Å²) in [7, 11) is 0. The molecule has 0 aliphatic rings. The molecule has 0 aliphatic heterocycles. The van der Waals surface area contributed by atoms with Crippen LogP contribution in [0.25, 0.3) is 0 Å². The van der Waals surface area contributed by atoms with Gasteiger partial charge < -0.3 is 21.8 Å². The van der Waals surface area contributed by atoms with E-state index in [-0.39, 0.29) is 24.2 Å². The number of carbonyl (C=O) groups is 2. The molecule has 0 radical (unpaired) electrons. The van der Waals surface area contributed by atoms with Crippen molar-refractivity contribution in [1.29, 1.82) is 10.8 Å². The lowest BCUT2D eigenvalue weighted by Crippen LogP contribution is -2.45. The summed E-state index contributed by atoms with van der Waals surface area (Å²) in [5.74, 6) is 0.0397. The van der Waals surface area contributed by atoms with Gasteiger partial charge in [-0.1, -0.05) is 48.9 Å². The van der Waals surface area contributed by atoms with E-state index in [1.54, 1.807) is 48.8 Å². The molecule has 0 bridgehead atoms. The predicted molar refractivity (Wildman–Crippen MR) is 141 cm³/mol. The Bertz CT molecular complexity index is 1040. The van der Waals surface area contributed by atoms with Crippen LogP contribution in [0.4, 0.5) is 0 Å². The maximum Gasteiger partial charge on any atom is 0.239 e. The van der Waals surface area contributed by atoms with Crippen LogP contribution in [0.3, 0.4) is 0 Å². The topological polar surface area (TPSA) is 157 Å². The lowest BCUT2D eigenvalue weighted by atomic mass is 10.1. The van der Waals surface area contributed by atoms with Crippen LogP contribution in [0.15, 0.2) is 73.1 Å². The molecule has 1 aromatic heterocycles. The van der Waals surface area contributed by atoms with Gasteiger partial charge in [0, 0.05) is 36.5 Å². The Hall–Kier alpha value is -3.76. The predicted octanol–water partition coefficient (Wildman–Crippen LogP) is 2.45. The van der Waals surface area contributed by atoms with E-state index in [0.717, 1.165) is 16.7 Å². The van der Waals surface area contributed by atoms with Crippen LogP contribution in [0.1, 0.15) is 29.5 Å². The third kappa shape index (κ3) is 10.4. The van der Waals surface area contributed by atoms with E-state index in [9.17, 15) is 9.59 Å². The SMILES string of the molecule is C=C/C(=C\C=N)CCC(NSCc1ccncc1)C(=O)NCC(=O)NCc1ccc(C(=N)N)cc1. The Morgan fingerprint density at radius 1 is 1.11 bits per heavy atom. The number of rotatable bonds is 15. The van der Waals surface area contributed by atoms with Gasteiger partial charge in [-0.2, -0.15) is 0 Å². The molecule has 0 fully saturated rings. The second-order valence-corrected chi connectivity index (χ2v) is 8.38. The Labute approximate surface area is 209 Å². The number of carbonyl (C=O) groups excluding carboxylic acids is 2. The van der Waals surface area contributed by atoms with Crippen LogP contribution in [-0.4, -0.2) is 41.4 Å². The van der Waals surface area contributed by atoms with E-state index in [0.29, 0.717) is 30.7 Å². The van der Waals surface area contributed by atoms with Gasteiger partial charge in [-0.25, -0.2) is 0 Å². The maximum atomic E-state index is 12.8. The molecule has 9 nitrogen and oxygen atoms in total. The third-order valence-electron chi connectivity index (χ3n) is 4.99. The zero-order valence-electron chi connectivity index (χ0n) is 19.4. The average Bonchev–Trinajstić information content (AvgIpc) is 2.88. The third-order valence-corrected chi connectivity index (χ3v) is 5.92. The molecule has 0 saturated carbocycles. The lowest BCUT2D eigenvalue weighted by Gasteiger charge is -2.18. The Kier molecular flexibility index (Phi) is 11.9. The molecule has 0 spiro atoms. The lowest BCUT2D eigenvalue weighted by molar-refractivity contribution is -0.127. The largest absolute Gasteiger partial charge is 0.384 e. The van der Waals surface area contributed by atoms with Crippen LogP contribution < -0.4 is 21.1 Å². The number of hydrogen-bond acceptors (Lipinski definition) is 7. The molecule has 2 rings (SSSR count). The number of nitrogens with two attached hydrogens (primary N) is 1. The van der Waals surface area contributed by atoms with Crippen LogP contribution in [0.2, 0.25) is 0 Å². The van der Waals surface area contributed by atoms with Gasteiger partial charge in [0.2, 0.25) is 11.8 Å². The van der Waals surface area contributed by atoms with E-state index >= 15 is 0 Å². The minimum atomic E-state index is -0.539. The fourth-order valence-corrected chi connectivity index (χ4v) is 3.84. The first kappa shape index (κ1) is 27.5. The standard InChI is InChI=1S/C25H31N7O2S/c1-2-18(9-12-26)5-8-22(32-35-17-20-10-13-29-14-11-20)25(34)31-16-23(33)30-15-19-3-6-21(7-4-19)24(27)28/h2-4,6-7,9-14,22,26,32H,1,5,8,15-17H2,(H3,27,28)(H,30,33)(H,31,34)/b18-9+,26-12?. The van der Waals surface area contributed by atoms with Gasteiger partial charge in [-0.3, -0.25) is 24.7 Å². The summed E-state index contributed by atoms with van der Waals surface area (Å²) in [4.78, 5) is 29.1. The van der Waals surface area contributed by atoms with Crippen LogP contribution in [0, 0.1) is 10.8 Å². The molecule has 1 aromatic carbocycles. The quantitative estimate of drug-likeness (QED) is 0.0968. The van der Waals surface area contributed by atoms with Crippen molar-refractivity contribution in [3.8, 4) is 0 Å². The molecular formula is C25H31N7O2S. The number of nitrogens with zero attached hydrogens (tertiary/aromatic N) is 1. The van der Waals surface area contributed by atoms with Crippen LogP contribution in [0.5, 0.6) is 0 Å². The highest BCUT2D eigenvalue weighted by Crippen LogP contribution is 2.14. The van der Waals surface area contributed by atoms with Crippen molar-refractivity contribution in [3.05, 3.63) is 89.8 Å². The Morgan fingerprint density at radius 2 is 1.83 bits per heavy atom. The Morgan fingerprint density at radius 3 is 2.46 bits per heavy atom. The van der Waals surface area contributed by atoms with E-state index in [2.05, 4.69) is 26.9 Å². The summed E-state index contributed by atoms with van der Waals surface area (Å²) in [6.07, 6.45) is 8.97. The van der Waals surface area contributed by atoms with Gasteiger partial charge in [-0.05, 0) is 47.8 Å². The van der Waals surface area contributed by atoms with Gasteiger partial charge in [0.05, 0.1) is 12.6 Å². The molecule has 2 amide bonds. The van der Waals surface area contributed by atoms with E-state index < -0.39 is 6.04 Å². The molecule has 2 aromatic rings. The number of hydrogen-bond donors (Lipinski definition) is 6. The first-order chi connectivity index (χ1) is 16.9. The van der Waals surface area contributed by atoms with Crippen molar-refractivity contribution in [2.75, 3.05) is 6.54 Å². The molecule has 10 heteroatoms. The van der Waals surface area contributed by atoms with Crippen molar-refractivity contribution < 1.29 is 9.59 Å². The number of nitrogens with one attached hydrogen (secondary N) is 5. The highest BCUT2D eigenvalue weighted by atomic mass is 32.2. The van der Waals surface area contributed by atoms with Crippen LogP contribution in [-0.2, 0) is 21.9 Å². The molecule has 1 unspecified atom stereocenters. The number of nitrogen functional groups attached to an aromatic ring is 1. The summed E-state index contributed by atoms with van der Waals surface area (Å²) in [6, 6.07) is 10.3. The Balaban J connectivity index is 1.86. The first-order valence-electron chi connectivity index (χ1n) is 11.0. The molecule has 35 heavy (non-hydrogen) atoms. The fraction of sp³-hybridized carbons (Fsp3) is 0.240. The zero-order chi connectivity index (χ0) is 25.5. The first-order valence-corrected chi connectivity index (χ1v) is 12.0. The number of allylic oxidation sites excluding steroid dienone is 3. The summed E-state index contributed by atoms with van der Waals surface area (Å²) >= 11 is 1.41. The zero-order valence-corrected chi connectivity index (χ0v) is 20.2. The average molecular weight is 494 g/mol. The molecule has 0 saturated heterocycles. The van der Waals surface area contributed by atoms with Crippen molar-refractivity contribution in [2.45, 2.75) is 31.2 Å². The number of aromatic nitrogens is 1. The highest BCUT2D eigenvalue weighted by Gasteiger charge is 2.19. The monoisotopic (exact) mass is 493 g/mol. The second-order valence-electron chi connectivity index (χ2n) is 7.57. The highest BCUT2D eigenvalue weighted by molar-refractivity contribution is 7.96. The van der Waals surface area contributed by atoms with Gasteiger partial charge in [0.1, 0.15) is 5.84 Å². The number of pyridine rings is 1. The van der Waals surface area contributed by atoms with Gasteiger partial charge >= 0.3 is 0 Å². The number of amides is 2. The minimum Gasteiger partial charge on any atom is -0.384 e. The smallest absolute Gasteiger partial charge is 0.239 e. The van der Waals surface area contributed by atoms with E-state index in [1.165, 1.54) is 18.2 Å². The van der Waals surface area contributed by atoms with Gasteiger partial charge in [-0.15, -0.1) is 0 Å². The molecular weight excluding hydrogens is 462 g/mol.